The second-order valence-electron chi connectivity index (χ2n) is 19.1. The number of carbonyl (C=O) groups excluding carboxylic acids is 4. The summed E-state index contributed by atoms with van der Waals surface area (Å²) in [6.07, 6.45) is 13.2. The Morgan fingerprint density at radius 2 is 1.25 bits per heavy atom. The number of ether oxygens (including phenoxy) is 2. The molecule has 0 saturated heterocycles. The number of aromatic carboxylic acids is 2. The molecular formula is C46H54Na2O8. The number of carbonyl (C=O) groups is 4. The van der Waals surface area contributed by atoms with Crippen LogP contribution < -0.4 is 69.3 Å². The summed E-state index contributed by atoms with van der Waals surface area (Å²) in [4.78, 5) is 50.0. The standard InChI is InChI=1S/C46H56O8.2Na/c1-41(2)34-18-21-46(7)35(44(34,5)20-19-36(41)54-40(52)31-15-11-9-13-29(31)38(49)50)17-16-32-33-26-42(3,22-23-43(33,4)24-25-45(32,46)6)27-53-39(51)30-14-10-8-12-28(30)37(47)48;;/h8-17,34-36H,18-27H2,1-7H3,(H,47,48)(H,49,50);;/q;2*+1/p-2/t34-,35+,36?,42-,43+,44-,45+,46+;;/m0../s1. The molecule has 10 heteroatoms. The van der Waals surface area contributed by atoms with Crippen LogP contribution in [0, 0.1) is 44.3 Å². The van der Waals surface area contributed by atoms with Gasteiger partial charge in [0.05, 0.1) is 29.7 Å². The van der Waals surface area contributed by atoms with E-state index < -0.39 is 23.9 Å². The first-order valence-corrected chi connectivity index (χ1v) is 19.7. The molecule has 8 nitrogen and oxygen atoms in total. The molecule has 0 spiro atoms. The monoisotopic (exact) mass is 780 g/mol. The smallest absolute Gasteiger partial charge is 0.545 e. The van der Waals surface area contributed by atoms with Gasteiger partial charge in [-0.2, -0.15) is 0 Å². The predicted octanol–water partition coefficient (Wildman–Crippen LogP) is 1.53. The Kier molecular flexibility index (Phi) is 12.6. The van der Waals surface area contributed by atoms with Gasteiger partial charge in [-0.3, -0.25) is 0 Å². The fourth-order valence-corrected chi connectivity index (χ4v) is 12.3. The zero-order valence-electron chi connectivity index (χ0n) is 34.8. The first-order valence-electron chi connectivity index (χ1n) is 19.7. The van der Waals surface area contributed by atoms with Gasteiger partial charge in [-0.1, -0.05) is 103 Å². The zero-order valence-corrected chi connectivity index (χ0v) is 38.8. The Hall–Kier alpha value is -2.20. The summed E-state index contributed by atoms with van der Waals surface area (Å²) in [6.45, 7) is 16.7. The normalized spacial score (nSPS) is 35.2. The van der Waals surface area contributed by atoms with Gasteiger partial charge in [-0.15, -0.1) is 0 Å². The van der Waals surface area contributed by atoms with Crippen LogP contribution in [0.25, 0.3) is 0 Å². The van der Waals surface area contributed by atoms with Crippen LogP contribution >= 0.6 is 0 Å². The van der Waals surface area contributed by atoms with Gasteiger partial charge in [0.25, 0.3) is 0 Å². The Labute approximate surface area is 376 Å². The largest absolute Gasteiger partial charge is 1.00 e. The van der Waals surface area contributed by atoms with Crippen molar-refractivity contribution in [3.8, 4) is 0 Å². The van der Waals surface area contributed by atoms with Crippen LogP contribution in [0.5, 0.6) is 0 Å². The van der Waals surface area contributed by atoms with Gasteiger partial charge in [-0.25, -0.2) is 9.59 Å². The van der Waals surface area contributed by atoms with E-state index in [-0.39, 0.29) is 132 Å². The van der Waals surface area contributed by atoms with Crippen molar-refractivity contribution >= 4 is 23.9 Å². The average molecular weight is 781 g/mol. The van der Waals surface area contributed by atoms with Gasteiger partial charge in [-0.05, 0) is 109 Å². The Morgan fingerprint density at radius 1 is 0.696 bits per heavy atom. The number of carboxylic acid groups (broad SMARTS) is 2. The minimum absolute atomic E-state index is 0. The summed E-state index contributed by atoms with van der Waals surface area (Å²) in [5, 5.41) is 23.4. The van der Waals surface area contributed by atoms with E-state index in [2.05, 4.69) is 60.6 Å². The Balaban J connectivity index is 0.00000300. The van der Waals surface area contributed by atoms with Crippen molar-refractivity contribution < 1.29 is 98.0 Å². The van der Waals surface area contributed by atoms with E-state index in [4.69, 9.17) is 9.47 Å². The number of carboxylic acids is 2. The molecule has 0 aliphatic heterocycles. The van der Waals surface area contributed by atoms with Crippen LogP contribution in [-0.4, -0.2) is 36.6 Å². The van der Waals surface area contributed by atoms with Crippen LogP contribution in [0.4, 0.5) is 0 Å². The molecule has 56 heavy (non-hydrogen) atoms. The van der Waals surface area contributed by atoms with Gasteiger partial charge in [0.15, 0.2) is 0 Å². The topological polar surface area (TPSA) is 133 Å². The first-order chi connectivity index (χ1) is 25.3. The third kappa shape index (κ3) is 7.14. The van der Waals surface area contributed by atoms with Crippen LogP contribution in [-0.2, 0) is 9.47 Å². The van der Waals surface area contributed by atoms with Crippen molar-refractivity contribution in [3.63, 3.8) is 0 Å². The van der Waals surface area contributed by atoms with E-state index in [1.165, 1.54) is 35.4 Å². The molecule has 0 heterocycles. The molecule has 0 amide bonds. The third-order valence-corrected chi connectivity index (χ3v) is 15.8. The quantitative estimate of drug-likeness (QED) is 0.306. The molecule has 0 bridgehead atoms. The number of fused-ring (bicyclic) bond motifs is 6. The van der Waals surface area contributed by atoms with Crippen molar-refractivity contribution in [2.45, 2.75) is 112 Å². The number of allylic oxidation sites excluding steroid dienone is 4. The van der Waals surface area contributed by atoms with Crippen molar-refractivity contribution in [2.24, 2.45) is 44.3 Å². The maximum atomic E-state index is 13.4. The van der Waals surface area contributed by atoms with Gasteiger partial charge in [0.2, 0.25) is 0 Å². The van der Waals surface area contributed by atoms with Crippen molar-refractivity contribution in [1.29, 1.82) is 0 Å². The van der Waals surface area contributed by atoms with Crippen molar-refractivity contribution in [3.05, 3.63) is 94.1 Å². The fourth-order valence-electron chi connectivity index (χ4n) is 12.3. The molecule has 2 aromatic rings. The zero-order chi connectivity index (χ0) is 39.1. The van der Waals surface area contributed by atoms with Gasteiger partial charge >= 0.3 is 71.1 Å². The van der Waals surface area contributed by atoms with E-state index in [1.807, 2.05) is 0 Å². The molecule has 8 atom stereocenters. The molecule has 0 N–H and O–H groups in total. The molecule has 288 valence electrons. The predicted molar refractivity (Wildman–Crippen MR) is 200 cm³/mol. The van der Waals surface area contributed by atoms with Crippen LogP contribution in [0.2, 0.25) is 0 Å². The number of benzene rings is 2. The van der Waals surface area contributed by atoms with E-state index in [0.717, 1.165) is 51.4 Å². The summed E-state index contributed by atoms with van der Waals surface area (Å²) in [7, 11) is 0. The molecule has 5 aliphatic rings. The molecule has 7 rings (SSSR count). The van der Waals surface area contributed by atoms with E-state index in [0.29, 0.717) is 12.3 Å². The van der Waals surface area contributed by atoms with E-state index >= 15 is 0 Å². The summed E-state index contributed by atoms with van der Waals surface area (Å²) in [5.41, 5.74) is 2.02. The third-order valence-electron chi connectivity index (χ3n) is 15.8. The molecule has 5 aliphatic carbocycles. The van der Waals surface area contributed by atoms with Crippen LogP contribution in [0.15, 0.2) is 71.8 Å². The van der Waals surface area contributed by atoms with Crippen molar-refractivity contribution in [1.82, 2.24) is 0 Å². The molecule has 3 fully saturated rings. The number of hydrogen-bond donors (Lipinski definition) is 0. The number of esters is 2. The number of rotatable bonds is 7. The van der Waals surface area contributed by atoms with Gasteiger partial charge < -0.3 is 29.3 Å². The minimum Gasteiger partial charge on any atom is -0.545 e. The maximum absolute atomic E-state index is 13.4. The van der Waals surface area contributed by atoms with Crippen molar-refractivity contribution in [2.75, 3.05) is 6.61 Å². The average Bonchev–Trinajstić information content (AvgIpc) is 3.13. The molecule has 2 aromatic carbocycles. The summed E-state index contributed by atoms with van der Waals surface area (Å²) in [6, 6.07) is 12.2. The first kappa shape index (κ1) is 44.9. The Bertz CT molecular complexity index is 1990. The van der Waals surface area contributed by atoms with Gasteiger partial charge in [0.1, 0.15) is 6.10 Å². The summed E-state index contributed by atoms with van der Waals surface area (Å²) >= 11 is 0. The fraction of sp³-hybridized carbons (Fsp3) is 0.565. The Morgan fingerprint density at radius 3 is 1.84 bits per heavy atom. The minimum atomic E-state index is -1.40. The second-order valence-corrected chi connectivity index (χ2v) is 19.1. The molecule has 0 radical (unpaired) electrons. The second kappa shape index (κ2) is 15.8. The van der Waals surface area contributed by atoms with Crippen LogP contribution in [0.1, 0.15) is 148 Å². The number of hydrogen-bond acceptors (Lipinski definition) is 8. The molecule has 1 unspecified atom stereocenters. The van der Waals surface area contributed by atoms with E-state index in [9.17, 15) is 29.4 Å². The van der Waals surface area contributed by atoms with Crippen LogP contribution in [0.3, 0.4) is 0 Å². The summed E-state index contributed by atoms with van der Waals surface area (Å²) < 4.78 is 12.1. The van der Waals surface area contributed by atoms with E-state index in [1.54, 1.807) is 24.3 Å². The summed E-state index contributed by atoms with van der Waals surface area (Å²) in [5.74, 6) is -3.43. The SMILES string of the molecule is CC1(C)C(OC(=O)c2ccccc2C(=O)[O-])CC[C@]2(C)[C@H]3C=CC4=C5C[C@@](C)(COC(=O)c6ccccc6C(=O)[O-])CC[C@]5(C)CC[C@@]4(C)[C@]3(C)CC[C@@H]12.[Na+].[Na+]. The molecule has 3 saturated carbocycles. The molecule has 0 aromatic heterocycles. The molecular weight excluding hydrogens is 726 g/mol. The van der Waals surface area contributed by atoms with Gasteiger partial charge in [0, 0.05) is 22.0 Å². The maximum Gasteiger partial charge on any atom is 1.00 e.